The second kappa shape index (κ2) is 7.65. The second-order valence-corrected chi connectivity index (χ2v) is 6.66. The topological polar surface area (TPSA) is 88.4 Å². The van der Waals surface area contributed by atoms with Crippen LogP contribution in [0.3, 0.4) is 0 Å². The van der Waals surface area contributed by atoms with Crippen LogP contribution in [0.25, 0.3) is 6.08 Å². The summed E-state index contributed by atoms with van der Waals surface area (Å²) in [6.07, 6.45) is 4.31. The predicted octanol–water partition coefficient (Wildman–Crippen LogP) is 3.58. The number of rotatable bonds is 3. The Labute approximate surface area is 171 Å². The van der Waals surface area contributed by atoms with Gasteiger partial charge in [-0.15, -0.1) is 0 Å². The van der Waals surface area contributed by atoms with Crippen molar-refractivity contribution in [2.75, 3.05) is 5.32 Å². The molecule has 0 unspecified atom stereocenters. The van der Waals surface area contributed by atoms with Crippen LogP contribution in [0.2, 0.25) is 0 Å². The summed E-state index contributed by atoms with van der Waals surface area (Å²) < 4.78 is 5.11. The highest BCUT2D eigenvalue weighted by Crippen LogP contribution is 2.29. The highest BCUT2D eigenvalue weighted by Gasteiger charge is 2.29. The summed E-state index contributed by atoms with van der Waals surface area (Å²) in [5, 5.41) is 5.43. The highest BCUT2D eigenvalue weighted by molar-refractivity contribution is 7.80. The smallest absolute Gasteiger partial charge is 0.250 e. The Morgan fingerprint density at radius 2 is 1.59 bits per heavy atom. The maximum atomic E-state index is 12.8. The van der Waals surface area contributed by atoms with E-state index in [1.165, 1.54) is 18.4 Å². The van der Waals surface area contributed by atoms with Gasteiger partial charge in [0.25, 0.3) is 0 Å². The molecule has 0 saturated heterocycles. The number of hydrogen-bond acceptors (Lipinski definition) is 5. The molecule has 1 heterocycles. The minimum atomic E-state index is -0.433. The fourth-order valence-corrected chi connectivity index (χ4v) is 3.26. The maximum absolute atomic E-state index is 12.8. The Bertz CT molecular complexity index is 1180. The van der Waals surface area contributed by atoms with Gasteiger partial charge in [0.05, 0.1) is 6.26 Å². The Kier molecular flexibility index (Phi) is 4.88. The van der Waals surface area contributed by atoms with Crippen LogP contribution in [-0.2, 0) is 4.79 Å². The Balaban J connectivity index is 1.48. The first-order chi connectivity index (χ1) is 14.0. The molecule has 0 saturated carbocycles. The lowest BCUT2D eigenvalue weighted by Gasteiger charge is -2.18. The van der Waals surface area contributed by atoms with E-state index in [-0.39, 0.29) is 16.7 Å². The van der Waals surface area contributed by atoms with Crippen LogP contribution in [-0.4, -0.2) is 22.6 Å². The number of ketones is 2. The zero-order valence-electron chi connectivity index (χ0n) is 15.0. The summed E-state index contributed by atoms with van der Waals surface area (Å²) in [5.41, 5.74) is 1.91. The van der Waals surface area contributed by atoms with E-state index in [4.69, 9.17) is 16.6 Å². The van der Waals surface area contributed by atoms with E-state index in [2.05, 4.69) is 10.6 Å². The number of nitrogens with one attached hydrogen (secondary N) is 2. The minimum absolute atomic E-state index is 0.0639. The zero-order chi connectivity index (χ0) is 20.4. The lowest BCUT2D eigenvalue weighted by molar-refractivity contribution is -0.115. The summed E-state index contributed by atoms with van der Waals surface area (Å²) in [6, 6.07) is 14.9. The standard InChI is InChI=1S/C22H14N2O4S/c25-19(10-8-14-4-3-11-28-14)24-22(29)23-13-7-9-17-18(12-13)21(27)16-6-2-1-5-15(16)20(17)26/h1-12H,(H2,23,24,25,29). The Morgan fingerprint density at radius 3 is 2.28 bits per heavy atom. The fourth-order valence-electron chi connectivity index (χ4n) is 3.04. The van der Waals surface area contributed by atoms with E-state index in [0.717, 1.165) is 0 Å². The molecule has 0 bridgehead atoms. The van der Waals surface area contributed by atoms with Crippen molar-refractivity contribution in [2.45, 2.75) is 0 Å². The van der Waals surface area contributed by atoms with Crippen molar-refractivity contribution in [1.29, 1.82) is 0 Å². The summed E-state index contributed by atoms with van der Waals surface area (Å²) in [7, 11) is 0. The molecule has 7 heteroatoms. The van der Waals surface area contributed by atoms with Crippen LogP contribution in [0.15, 0.2) is 71.4 Å². The molecule has 1 aromatic heterocycles. The molecular formula is C22H14N2O4S. The van der Waals surface area contributed by atoms with Crippen molar-refractivity contribution in [3.63, 3.8) is 0 Å². The Hall–Kier alpha value is -3.84. The van der Waals surface area contributed by atoms with E-state index in [0.29, 0.717) is 33.7 Å². The van der Waals surface area contributed by atoms with Gasteiger partial charge in [0, 0.05) is 34.0 Å². The average molecular weight is 402 g/mol. The van der Waals surface area contributed by atoms with E-state index in [1.807, 2.05) is 0 Å². The van der Waals surface area contributed by atoms with Gasteiger partial charge in [-0.25, -0.2) is 0 Å². The van der Waals surface area contributed by atoms with E-state index < -0.39 is 5.91 Å². The molecule has 29 heavy (non-hydrogen) atoms. The molecule has 0 spiro atoms. The maximum Gasteiger partial charge on any atom is 0.250 e. The minimum Gasteiger partial charge on any atom is -0.465 e. The van der Waals surface area contributed by atoms with Crippen LogP contribution in [0, 0.1) is 0 Å². The van der Waals surface area contributed by atoms with Gasteiger partial charge in [0.15, 0.2) is 16.7 Å². The van der Waals surface area contributed by atoms with Crippen LogP contribution in [0.5, 0.6) is 0 Å². The van der Waals surface area contributed by atoms with Gasteiger partial charge < -0.3 is 9.73 Å². The second-order valence-electron chi connectivity index (χ2n) is 6.26. The molecule has 0 aliphatic heterocycles. The third-order valence-electron chi connectivity index (χ3n) is 4.36. The number of hydrogen-bond donors (Lipinski definition) is 2. The molecule has 2 N–H and O–H groups in total. The van der Waals surface area contributed by atoms with Gasteiger partial charge in [0.1, 0.15) is 5.76 Å². The quantitative estimate of drug-likeness (QED) is 0.402. The number of benzene rings is 2. The highest BCUT2D eigenvalue weighted by atomic mass is 32.1. The van der Waals surface area contributed by atoms with Crippen LogP contribution in [0.4, 0.5) is 5.69 Å². The molecule has 6 nitrogen and oxygen atoms in total. The number of anilines is 1. The summed E-state index contributed by atoms with van der Waals surface area (Å²) in [5.74, 6) is -0.315. The van der Waals surface area contributed by atoms with Gasteiger partial charge in [-0.05, 0) is 48.6 Å². The molecule has 0 radical (unpaired) electrons. The van der Waals surface area contributed by atoms with Crippen molar-refractivity contribution in [3.05, 3.63) is 95.0 Å². The lowest BCUT2D eigenvalue weighted by Crippen LogP contribution is -2.33. The summed E-state index contributed by atoms with van der Waals surface area (Å²) in [4.78, 5) is 37.3. The Morgan fingerprint density at radius 1 is 0.897 bits per heavy atom. The number of amides is 1. The predicted molar refractivity (Wildman–Crippen MR) is 112 cm³/mol. The van der Waals surface area contributed by atoms with Crippen LogP contribution < -0.4 is 10.6 Å². The average Bonchev–Trinajstić information content (AvgIpc) is 3.24. The van der Waals surface area contributed by atoms with Crippen molar-refractivity contribution >= 4 is 46.6 Å². The van der Waals surface area contributed by atoms with Crippen molar-refractivity contribution in [1.82, 2.24) is 5.32 Å². The lowest BCUT2D eigenvalue weighted by atomic mass is 9.84. The van der Waals surface area contributed by atoms with Crippen molar-refractivity contribution in [3.8, 4) is 0 Å². The van der Waals surface area contributed by atoms with E-state index in [9.17, 15) is 14.4 Å². The first-order valence-corrected chi connectivity index (χ1v) is 9.10. The SMILES string of the molecule is O=C(C=Cc1ccco1)NC(=S)Nc1ccc2c(c1)C(=O)c1ccccc1C2=O. The van der Waals surface area contributed by atoms with E-state index >= 15 is 0 Å². The normalized spacial score (nSPS) is 12.4. The number of fused-ring (bicyclic) bond motifs is 2. The van der Waals surface area contributed by atoms with Gasteiger partial charge in [0.2, 0.25) is 5.91 Å². The first kappa shape index (κ1) is 18.5. The van der Waals surface area contributed by atoms with Gasteiger partial charge >= 0.3 is 0 Å². The number of carbonyl (C=O) groups excluding carboxylic acids is 3. The van der Waals surface area contributed by atoms with Gasteiger partial charge in [-0.2, -0.15) is 0 Å². The molecule has 142 valence electrons. The molecule has 0 fully saturated rings. The fraction of sp³-hybridized carbons (Fsp3) is 0. The van der Waals surface area contributed by atoms with E-state index in [1.54, 1.807) is 54.6 Å². The first-order valence-electron chi connectivity index (χ1n) is 8.69. The third kappa shape index (κ3) is 3.76. The monoisotopic (exact) mass is 402 g/mol. The third-order valence-corrected chi connectivity index (χ3v) is 4.57. The number of furan rings is 1. The number of carbonyl (C=O) groups is 3. The molecule has 1 aliphatic rings. The zero-order valence-corrected chi connectivity index (χ0v) is 15.8. The van der Waals surface area contributed by atoms with Crippen molar-refractivity contribution in [2.24, 2.45) is 0 Å². The van der Waals surface area contributed by atoms with Crippen LogP contribution >= 0.6 is 12.2 Å². The molecule has 1 amide bonds. The molecular weight excluding hydrogens is 388 g/mol. The van der Waals surface area contributed by atoms with Crippen molar-refractivity contribution < 1.29 is 18.8 Å². The number of thiocarbonyl (C=S) groups is 1. The molecule has 1 aliphatic carbocycles. The summed E-state index contributed by atoms with van der Waals surface area (Å²) in [6.45, 7) is 0. The van der Waals surface area contributed by atoms with Gasteiger partial charge in [-0.3, -0.25) is 19.7 Å². The molecule has 4 rings (SSSR count). The molecule has 3 aromatic rings. The van der Waals surface area contributed by atoms with Crippen LogP contribution in [0.1, 0.15) is 37.6 Å². The molecule has 0 atom stereocenters. The van der Waals surface area contributed by atoms with Gasteiger partial charge in [-0.1, -0.05) is 24.3 Å². The molecule has 2 aromatic carbocycles. The summed E-state index contributed by atoms with van der Waals surface area (Å²) >= 11 is 5.14. The largest absolute Gasteiger partial charge is 0.465 e.